The summed E-state index contributed by atoms with van der Waals surface area (Å²) in [6.45, 7) is 7.51. The first-order valence-corrected chi connectivity index (χ1v) is 8.36. The minimum atomic E-state index is -0.939. The van der Waals surface area contributed by atoms with Gasteiger partial charge in [0, 0.05) is 23.9 Å². The fraction of sp³-hybridized carbons (Fsp3) is 0.526. The van der Waals surface area contributed by atoms with Gasteiger partial charge in [0.25, 0.3) is 0 Å². The van der Waals surface area contributed by atoms with Gasteiger partial charge in [-0.25, -0.2) is 0 Å². The summed E-state index contributed by atoms with van der Waals surface area (Å²) in [6, 6.07) is 5.68. The molecule has 0 atom stereocenters. The second kappa shape index (κ2) is 8.62. The molecule has 0 radical (unpaired) electrons. The Labute approximate surface area is 143 Å². The molecule has 0 spiro atoms. The molecule has 24 heavy (non-hydrogen) atoms. The van der Waals surface area contributed by atoms with Crippen molar-refractivity contribution >= 4 is 17.7 Å². The molecule has 0 heterocycles. The van der Waals surface area contributed by atoms with Gasteiger partial charge in [-0.1, -0.05) is 31.5 Å². The van der Waals surface area contributed by atoms with E-state index in [0.29, 0.717) is 18.4 Å². The Kier molecular flexibility index (Phi) is 7.14. The van der Waals surface area contributed by atoms with Crippen LogP contribution in [0.1, 0.15) is 67.4 Å². The van der Waals surface area contributed by atoms with Gasteiger partial charge in [0.15, 0.2) is 5.78 Å². The van der Waals surface area contributed by atoms with E-state index >= 15 is 0 Å². The zero-order chi connectivity index (χ0) is 18.3. The predicted molar refractivity (Wildman–Crippen MR) is 93.2 cm³/mol. The van der Waals surface area contributed by atoms with Crippen LogP contribution in [0.15, 0.2) is 18.2 Å². The van der Waals surface area contributed by atoms with E-state index in [1.54, 1.807) is 0 Å². The first-order chi connectivity index (χ1) is 11.2. The molecule has 0 bridgehead atoms. The van der Waals surface area contributed by atoms with Gasteiger partial charge in [-0.3, -0.25) is 14.4 Å². The Bertz CT molecular complexity index is 618. The van der Waals surface area contributed by atoms with Crippen LogP contribution in [0.3, 0.4) is 0 Å². The van der Waals surface area contributed by atoms with Crippen LogP contribution in [0.5, 0.6) is 0 Å². The SMILES string of the molecule is CCC(CC)(CC(=O)O)NC(=O)CCC(=O)c1cc(C)ccc1C. The second-order valence-corrected chi connectivity index (χ2v) is 6.35. The van der Waals surface area contributed by atoms with Crippen molar-refractivity contribution in [2.45, 2.75) is 65.3 Å². The van der Waals surface area contributed by atoms with Crippen LogP contribution >= 0.6 is 0 Å². The molecule has 1 amide bonds. The van der Waals surface area contributed by atoms with E-state index in [4.69, 9.17) is 5.11 Å². The fourth-order valence-electron chi connectivity index (χ4n) is 2.77. The lowest BCUT2D eigenvalue weighted by molar-refractivity contribution is -0.139. The summed E-state index contributed by atoms with van der Waals surface area (Å²) in [5.74, 6) is -1.28. The van der Waals surface area contributed by atoms with Crippen molar-refractivity contribution in [2.75, 3.05) is 0 Å². The van der Waals surface area contributed by atoms with Gasteiger partial charge in [-0.05, 0) is 38.3 Å². The van der Waals surface area contributed by atoms with Gasteiger partial charge in [0.05, 0.1) is 6.42 Å². The number of carboxylic acids is 1. The molecule has 0 unspecified atom stereocenters. The largest absolute Gasteiger partial charge is 0.481 e. The van der Waals surface area contributed by atoms with Gasteiger partial charge in [0.2, 0.25) is 5.91 Å². The minimum Gasteiger partial charge on any atom is -0.481 e. The third-order valence-electron chi connectivity index (χ3n) is 4.52. The van der Waals surface area contributed by atoms with Crippen LogP contribution in [0, 0.1) is 13.8 Å². The van der Waals surface area contributed by atoms with Crippen molar-refractivity contribution in [3.63, 3.8) is 0 Å². The van der Waals surface area contributed by atoms with Crippen molar-refractivity contribution in [3.05, 3.63) is 34.9 Å². The molecule has 1 rings (SSSR count). The number of aryl methyl sites for hydroxylation is 2. The number of Topliss-reactive ketones (excluding diaryl/α,β-unsaturated/α-hetero) is 1. The van der Waals surface area contributed by atoms with Crippen LogP contribution < -0.4 is 5.32 Å². The van der Waals surface area contributed by atoms with Gasteiger partial charge in [-0.2, -0.15) is 0 Å². The average molecular weight is 333 g/mol. The highest BCUT2D eigenvalue weighted by molar-refractivity contribution is 5.99. The molecular weight excluding hydrogens is 306 g/mol. The molecule has 0 aliphatic carbocycles. The summed E-state index contributed by atoms with van der Waals surface area (Å²) in [5, 5.41) is 11.9. The highest BCUT2D eigenvalue weighted by Gasteiger charge is 2.30. The molecule has 132 valence electrons. The maximum atomic E-state index is 12.3. The number of benzene rings is 1. The molecular formula is C19H27NO4. The summed E-state index contributed by atoms with van der Waals surface area (Å²) >= 11 is 0. The Morgan fingerprint density at radius 2 is 1.71 bits per heavy atom. The lowest BCUT2D eigenvalue weighted by atomic mass is 9.88. The molecule has 1 aromatic carbocycles. The highest BCUT2D eigenvalue weighted by Crippen LogP contribution is 2.20. The summed E-state index contributed by atoms with van der Waals surface area (Å²) in [5.41, 5.74) is 1.80. The van der Waals surface area contributed by atoms with Crippen molar-refractivity contribution < 1.29 is 19.5 Å². The van der Waals surface area contributed by atoms with Gasteiger partial charge >= 0.3 is 5.97 Å². The van der Waals surface area contributed by atoms with E-state index in [9.17, 15) is 14.4 Å². The average Bonchev–Trinajstić information content (AvgIpc) is 2.53. The van der Waals surface area contributed by atoms with Crippen LogP contribution in [0.4, 0.5) is 0 Å². The van der Waals surface area contributed by atoms with E-state index in [1.165, 1.54) is 0 Å². The maximum Gasteiger partial charge on any atom is 0.305 e. The number of ketones is 1. The Morgan fingerprint density at radius 3 is 2.25 bits per heavy atom. The second-order valence-electron chi connectivity index (χ2n) is 6.35. The molecule has 0 aliphatic rings. The summed E-state index contributed by atoms with van der Waals surface area (Å²) in [6.07, 6.45) is 1.13. The number of carboxylic acid groups (broad SMARTS) is 1. The molecule has 5 heteroatoms. The standard InChI is InChI=1S/C19H27NO4/c1-5-19(6-2,12-18(23)24)20-17(22)10-9-16(21)15-11-13(3)7-8-14(15)4/h7-8,11H,5-6,9-10,12H2,1-4H3,(H,20,22)(H,23,24). The van der Waals surface area contributed by atoms with Crippen molar-refractivity contribution in [1.29, 1.82) is 0 Å². The van der Waals surface area contributed by atoms with Crippen molar-refractivity contribution in [2.24, 2.45) is 0 Å². The lowest BCUT2D eigenvalue weighted by Gasteiger charge is -2.31. The number of carbonyl (C=O) groups excluding carboxylic acids is 2. The highest BCUT2D eigenvalue weighted by atomic mass is 16.4. The van der Waals surface area contributed by atoms with Crippen LogP contribution in [-0.4, -0.2) is 28.3 Å². The first-order valence-electron chi connectivity index (χ1n) is 8.36. The fourth-order valence-corrected chi connectivity index (χ4v) is 2.77. The minimum absolute atomic E-state index is 0.0631. The maximum absolute atomic E-state index is 12.3. The number of hydrogen-bond donors (Lipinski definition) is 2. The van der Waals surface area contributed by atoms with Crippen molar-refractivity contribution in [3.8, 4) is 0 Å². The van der Waals surface area contributed by atoms with Gasteiger partial charge in [-0.15, -0.1) is 0 Å². The summed E-state index contributed by atoms with van der Waals surface area (Å²) in [7, 11) is 0. The molecule has 5 nitrogen and oxygen atoms in total. The third-order valence-corrected chi connectivity index (χ3v) is 4.52. The summed E-state index contributed by atoms with van der Waals surface area (Å²) in [4.78, 5) is 35.5. The third kappa shape index (κ3) is 5.48. The summed E-state index contributed by atoms with van der Waals surface area (Å²) < 4.78 is 0. The number of hydrogen-bond acceptors (Lipinski definition) is 3. The van der Waals surface area contributed by atoms with Crippen LogP contribution in [0.25, 0.3) is 0 Å². The van der Waals surface area contributed by atoms with Gasteiger partial charge < -0.3 is 10.4 Å². The first kappa shape index (κ1) is 19.9. The zero-order valence-electron chi connectivity index (χ0n) is 14.9. The lowest BCUT2D eigenvalue weighted by Crippen LogP contribution is -2.49. The topological polar surface area (TPSA) is 83.5 Å². The predicted octanol–water partition coefficient (Wildman–Crippen LogP) is 3.42. The number of nitrogens with one attached hydrogen (secondary N) is 1. The van der Waals surface area contributed by atoms with E-state index < -0.39 is 11.5 Å². The van der Waals surface area contributed by atoms with Gasteiger partial charge in [0.1, 0.15) is 0 Å². The molecule has 0 saturated carbocycles. The Hall–Kier alpha value is -2.17. The van der Waals surface area contributed by atoms with E-state index in [-0.39, 0.29) is 31.0 Å². The van der Waals surface area contributed by atoms with Crippen LogP contribution in [-0.2, 0) is 9.59 Å². The molecule has 0 aliphatic heterocycles. The number of carbonyl (C=O) groups is 3. The normalized spacial score (nSPS) is 11.2. The Balaban J connectivity index is 2.69. The number of amides is 1. The monoisotopic (exact) mass is 333 g/mol. The molecule has 1 aromatic rings. The smallest absolute Gasteiger partial charge is 0.305 e. The zero-order valence-corrected chi connectivity index (χ0v) is 14.9. The molecule has 0 fully saturated rings. The van der Waals surface area contributed by atoms with E-state index in [2.05, 4.69) is 5.32 Å². The molecule has 0 saturated heterocycles. The molecule has 2 N–H and O–H groups in total. The van der Waals surface area contributed by atoms with E-state index in [1.807, 2.05) is 45.9 Å². The number of rotatable bonds is 9. The van der Waals surface area contributed by atoms with Crippen LogP contribution in [0.2, 0.25) is 0 Å². The molecule has 0 aromatic heterocycles. The Morgan fingerprint density at radius 1 is 1.08 bits per heavy atom. The quantitative estimate of drug-likeness (QED) is 0.678. The number of aliphatic carboxylic acids is 1. The van der Waals surface area contributed by atoms with Crippen molar-refractivity contribution in [1.82, 2.24) is 5.32 Å². The van der Waals surface area contributed by atoms with E-state index in [0.717, 1.165) is 11.1 Å².